The molecule has 3 atom stereocenters. The lowest BCUT2D eigenvalue weighted by Gasteiger charge is -2.46. The molecular weight excluding hydrogens is 688 g/mol. The molecular formula is C32H40ClF2N5O8S. The molecule has 2 aromatic rings. The average Bonchev–Trinajstić information content (AvgIpc) is 3.35. The highest BCUT2D eigenvalue weighted by atomic mass is 35.5. The number of carbonyl (C=O) groups excluding carboxylic acids is 2. The molecule has 49 heavy (non-hydrogen) atoms. The number of ether oxygens (including phenoxy) is 3. The number of nitrogens with zero attached hydrogens (tertiary/aromatic N) is 4. The van der Waals surface area contributed by atoms with Crippen LogP contribution in [0.25, 0.3) is 0 Å². The van der Waals surface area contributed by atoms with Crippen molar-refractivity contribution in [1.29, 1.82) is 0 Å². The van der Waals surface area contributed by atoms with Gasteiger partial charge in [-0.25, -0.2) is 32.3 Å². The van der Waals surface area contributed by atoms with Crippen molar-refractivity contribution in [3.05, 3.63) is 53.1 Å². The molecule has 2 bridgehead atoms. The molecule has 4 fully saturated rings. The summed E-state index contributed by atoms with van der Waals surface area (Å²) >= 11 is 5.88. The number of rotatable bonds is 10. The molecule has 2 amide bonds. The van der Waals surface area contributed by atoms with Crippen LogP contribution in [0.2, 0.25) is 5.02 Å². The fourth-order valence-electron chi connectivity index (χ4n) is 6.74. The van der Waals surface area contributed by atoms with E-state index in [1.54, 1.807) is 0 Å². The molecule has 4 aliphatic rings. The molecule has 3 unspecified atom stereocenters. The maximum absolute atomic E-state index is 15.3. The van der Waals surface area contributed by atoms with Crippen LogP contribution in [0.15, 0.2) is 41.3 Å². The second-order valence-corrected chi connectivity index (χ2v) is 15.0. The van der Waals surface area contributed by atoms with Crippen molar-refractivity contribution in [2.24, 2.45) is 0 Å². The standard InChI is InChI=1S/C32H40ClF2N5O8S/c1-37-11-13-38(14-12-37)15-17-46-31(42)39-20-23-9-10-32(21-39,30(41)36-48-28-4-2-3-16-45-28)40(23)49(43,44)25-18-26(34)29(27(35)19-25)47-24-7-5-22(33)6-8-24/h5-8,18-19,23,28H,2-4,9-17,20-21H2,1H3,(H,36,41). The number of fused-ring (bicyclic) bond motifs is 2. The number of carbonyl (C=O) groups is 2. The first-order chi connectivity index (χ1) is 23.5. The summed E-state index contributed by atoms with van der Waals surface area (Å²) in [6.45, 7) is 4.15. The molecule has 4 saturated heterocycles. The van der Waals surface area contributed by atoms with E-state index in [-0.39, 0.29) is 38.3 Å². The second kappa shape index (κ2) is 15.0. The van der Waals surface area contributed by atoms with Gasteiger partial charge in [0, 0.05) is 63.4 Å². The predicted octanol–water partition coefficient (Wildman–Crippen LogP) is 3.58. The zero-order valence-electron chi connectivity index (χ0n) is 27.1. The Kier molecular flexibility index (Phi) is 10.9. The predicted molar refractivity (Wildman–Crippen MR) is 172 cm³/mol. The number of piperazine rings is 2. The molecule has 6 rings (SSSR count). The van der Waals surface area contributed by atoms with Crippen LogP contribution >= 0.6 is 11.6 Å². The fourth-order valence-corrected chi connectivity index (χ4v) is 8.86. The Bertz CT molecular complexity index is 1600. The van der Waals surface area contributed by atoms with E-state index in [9.17, 15) is 18.0 Å². The first kappa shape index (κ1) is 35.7. The van der Waals surface area contributed by atoms with Gasteiger partial charge in [-0.2, -0.15) is 4.31 Å². The highest BCUT2D eigenvalue weighted by Gasteiger charge is 2.62. The topological polar surface area (TPSA) is 130 Å². The van der Waals surface area contributed by atoms with Gasteiger partial charge in [-0.1, -0.05) is 11.6 Å². The van der Waals surface area contributed by atoms with E-state index in [1.807, 2.05) is 7.05 Å². The molecule has 0 aliphatic carbocycles. The monoisotopic (exact) mass is 727 g/mol. The first-order valence-electron chi connectivity index (χ1n) is 16.3. The van der Waals surface area contributed by atoms with Crippen molar-refractivity contribution < 1.29 is 45.8 Å². The Labute approximate surface area is 288 Å². The van der Waals surface area contributed by atoms with Gasteiger partial charge < -0.3 is 24.0 Å². The number of nitrogens with one attached hydrogen (secondary N) is 1. The number of halogens is 3. The number of benzene rings is 2. The van der Waals surface area contributed by atoms with Crippen molar-refractivity contribution in [3.63, 3.8) is 0 Å². The van der Waals surface area contributed by atoms with Crippen LogP contribution in [0.1, 0.15) is 32.1 Å². The summed E-state index contributed by atoms with van der Waals surface area (Å²) in [4.78, 5) is 37.8. The van der Waals surface area contributed by atoms with Gasteiger partial charge in [0.2, 0.25) is 10.0 Å². The van der Waals surface area contributed by atoms with E-state index in [4.69, 9.17) is 30.6 Å². The Balaban J connectivity index is 1.23. The van der Waals surface area contributed by atoms with Crippen molar-refractivity contribution in [1.82, 2.24) is 24.5 Å². The summed E-state index contributed by atoms with van der Waals surface area (Å²) in [5.41, 5.74) is 0.507. The third-order valence-corrected chi connectivity index (χ3v) is 11.7. The summed E-state index contributed by atoms with van der Waals surface area (Å²) in [5.74, 6) is -4.08. The molecule has 4 aliphatic heterocycles. The fraction of sp³-hybridized carbons (Fsp3) is 0.562. The highest BCUT2D eigenvalue weighted by molar-refractivity contribution is 7.89. The molecule has 4 heterocycles. The minimum absolute atomic E-state index is 0.0193. The molecule has 1 N–H and O–H groups in total. The zero-order chi connectivity index (χ0) is 34.8. The summed E-state index contributed by atoms with van der Waals surface area (Å²) < 4.78 is 76.7. The highest BCUT2D eigenvalue weighted by Crippen LogP contribution is 2.44. The Morgan fingerprint density at radius 1 is 1.06 bits per heavy atom. The molecule has 2 aromatic carbocycles. The molecule has 0 saturated carbocycles. The maximum atomic E-state index is 15.3. The number of amides is 2. The summed E-state index contributed by atoms with van der Waals surface area (Å²) in [7, 11) is -2.68. The first-order valence-corrected chi connectivity index (χ1v) is 18.2. The van der Waals surface area contributed by atoms with Crippen molar-refractivity contribution >= 4 is 33.6 Å². The van der Waals surface area contributed by atoms with E-state index in [0.29, 0.717) is 36.7 Å². The van der Waals surface area contributed by atoms with Crippen molar-refractivity contribution in [2.45, 2.75) is 54.9 Å². The Hall–Kier alpha value is -3.12. The van der Waals surface area contributed by atoms with Gasteiger partial charge in [-0.15, -0.1) is 0 Å². The van der Waals surface area contributed by atoms with Crippen LogP contribution < -0.4 is 10.2 Å². The zero-order valence-corrected chi connectivity index (χ0v) is 28.7. The van der Waals surface area contributed by atoms with Gasteiger partial charge in [0.25, 0.3) is 5.91 Å². The van der Waals surface area contributed by atoms with Crippen LogP contribution in [0, 0.1) is 11.6 Å². The summed E-state index contributed by atoms with van der Waals surface area (Å²) in [6, 6.07) is 6.17. The van der Waals surface area contributed by atoms with E-state index < -0.39 is 62.2 Å². The smallest absolute Gasteiger partial charge is 0.409 e. The Morgan fingerprint density at radius 3 is 2.45 bits per heavy atom. The van der Waals surface area contributed by atoms with Gasteiger partial charge in [-0.05, 0) is 69.1 Å². The van der Waals surface area contributed by atoms with Crippen LogP contribution in [0.4, 0.5) is 13.6 Å². The van der Waals surface area contributed by atoms with Crippen molar-refractivity contribution in [3.8, 4) is 11.5 Å². The van der Waals surface area contributed by atoms with E-state index in [1.165, 1.54) is 29.2 Å². The van der Waals surface area contributed by atoms with Crippen LogP contribution in [0.5, 0.6) is 11.5 Å². The minimum Gasteiger partial charge on any atom is -0.451 e. The molecule has 0 aromatic heterocycles. The Morgan fingerprint density at radius 2 is 1.78 bits per heavy atom. The number of likely N-dealkylation sites (tertiary alicyclic amines) is 1. The van der Waals surface area contributed by atoms with E-state index >= 15 is 8.78 Å². The molecule has 17 heteroatoms. The summed E-state index contributed by atoms with van der Waals surface area (Å²) in [5, 5.41) is 0.387. The number of likely N-dealkylation sites (N-methyl/N-ethyl adjacent to an activating group) is 1. The van der Waals surface area contributed by atoms with Crippen LogP contribution in [-0.2, 0) is 29.1 Å². The van der Waals surface area contributed by atoms with Gasteiger partial charge >= 0.3 is 6.09 Å². The van der Waals surface area contributed by atoms with Crippen LogP contribution in [0.3, 0.4) is 0 Å². The number of hydrogen-bond acceptors (Lipinski definition) is 10. The quantitative estimate of drug-likeness (QED) is 0.363. The molecule has 0 radical (unpaired) electrons. The van der Waals surface area contributed by atoms with Gasteiger partial charge in [0.1, 0.15) is 17.9 Å². The summed E-state index contributed by atoms with van der Waals surface area (Å²) in [6.07, 6.45) is 0.975. The van der Waals surface area contributed by atoms with Gasteiger partial charge in [-0.3, -0.25) is 9.69 Å². The lowest BCUT2D eigenvalue weighted by molar-refractivity contribution is -0.204. The van der Waals surface area contributed by atoms with Crippen LogP contribution in [-0.4, -0.2) is 123 Å². The van der Waals surface area contributed by atoms with Gasteiger partial charge in [0.15, 0.2) is 23.7 Å². The van der Waals surface area contributed by atoms with Gasteiger partial charge in [0.05, 0.1) is 11.4 Å². The third kappa shape index (κ3) is 7.80. The van der Waals surface area contributed by atoms with E-state index in [0.717, 1.165) is 43.3 Å². The number of sulfonamides is 1. The largest absolute Gasteiger partial charge is 0.451 e. The molecule has 13 nitrogen and oxygen atoms in total. The second-order valence-electron chi connectivity index (χ2n) is 12.8. The minimum atomic E-state index is -4.73. The SMILES string of the molecule is CN1CCN(CCOC(=O)N2CC3CCC(C(=O)NOC4CCCCO4)(C2)N3S(=O)(=O)c2cc(F)c(Oc3ccc(Cl)cc3)c(F)c2)CC1. The molecule has 0 spiro atoms. The number of hydroxylamine groups is 1. The lowest BCUT2D eigenvalue weighted by Crippen LogP contribution is -2.69. The normalized spacial score (nSPS) is 25.3. The lowest BCUT2D eigenvalue weighted by atomic mass is 9.96. The molecule has 268 valence electrons. The third-order valence-electron chi connectivity index (χ3n) is 9.42. The van der Waals surface area contributed by atoms with E-state index in [2.05, 4.69) is 15.3 Å². The van der Waals surface area contributed by atoms with Crippen molar-refractivity contribution in [2.75, 3.05) is 66.1 Å². The average molecular weight is 728 g/mol. The number of hydrogen-bond donors (Lipinski definition) is 1. The maximum Gasteiger partial charge on any atom is 0.409 e.